The Morgan fingerprint density at radius 1 is 0.414 bits per heavy atom. The first-order valence-corrected chi connectivity index (χ1v) is 10.3. The summed E-state index contributed by atoms with van der Waals surface area (Å²) >= 11 is 0. The SMILES string of the molecule is c1ccc(O[Si](Oc2ccccn2)(Oc2ccccn2)Oc2ccccn2)nc1. The largest absolute Gasteiger partial charge is 0.971 e. The van der Waals surface area contributed by atoms with Crippen molar-refractivity contribution < 1.29 is 17.7 Å². The highest BCUT2D eigenvalue weighted by molar-refractivity contribution is 6.56. The number of hydrogen-bond donors (Lipinski definition) is 0. The summed E-state index contributed by atoms with van der Waals surface area (Å²) in [5, 5.41) is 0. The standard InChI is InChI=1S/C20H16N4O4Si/c1-5-13-21-17(9-1)25-29(26-18-10-2-6-14-22-18,27-19-11-3-7-15-23-19)28-20-12-4-8-16-24-20/h1-16H. The molecule has 0 spiro atoms. The van der Waals surface area contributed by atoms with Crippen LogP contribution in [0, 0.1) is 0 Å². The molecule has 29 heavy (non-hydrogen) atoms. The van der Waals surface area contributed by atoms with Crippen LogP contribution in [-0.2, 0) is 0 Å². The fraction of sp³-hybridized carbons (Fsp3) is 0. The van der Waals surface area contributed by atoms with Crippen LogP contribution in [0.5, 0.6) is 23.5 Å². The predicted octanol–water partition coefficient (Wildman–Crippen LogP) is 3.32. The van der Waals surface area contributed by atoms with E-state index in [-0.39, 0.29) is 23.5 Å². The van der Waals surface area contributed by atoms with E-state index >= 15 is 0 Å². The zero-order valence-electron chi connectivity index (χ0n) is 15.2. The molecule has 0 saturated carbocycles. The molecule has 0 radical (unpaired) electrons. The first-order valence-electron chi connectivity index (χ1n) is 8.71. The van der Waals surface area contributed by atoms with Crippen molar-refractivity contribution in [1.29, 1.82) is 0 Å². The summed E-state index contributed by atoms with van der Waals surface area (Å²) in [6, 6.07) is 20.9. The van der Waals surface area contributed by atoms with Crippen molar-refractivity contribution in [2.75, 3.05) is 0 Å². The Kier molecular flexibility index (Phi) is 5.58. The molecule has 4 heterocycles. The van der Waals surface area contributed by atoms with Crippen LogP contribution in [0.3, 0.4) is 0 Å². The number of rotatable bonds is 8. The molecule has 144 valence electrons. The molecule has 0 atom stereocenters. The van der Waals surface area contributed by atoms with Crippen LogP contribution in [0.4, 0.5) is 0 Å². The third-order valence-corrected chi connectivity index (χ3v) is 5.31. The molecule has 0 saturated heterocycles. The molecule has 0 amide bonds. The van der Waals surface area contributed by atoms with Crippen molar-refractivity contribution >= 4 is 9.05 Å². The molecule has 4 rings (SSSR count). The van der Waals surface area contributed by atoms with Crippen LogP contribution in [0.25, 0.3) is 0 Å². The van der Waals surface area contributed by atoms with Crippen molar-refractivity contribution in [2.45, 2.75) is 0 Å². The van der Waals surface area contributed by atoms with Gasteiger partial charge in [-0.3, -0.25) is 0 Å². The second-order valence-electron chi connectivity index (χ2n) is 5.58. The highest BCUT2D eigenvalue weighted by Gasteiger charge is 2.59. The Morgan fingerprint density at radius 2 is 0.690 bits per heavy atom. The number of pyridine rings is 4. The van der Waals surface area contributed by atoms with Crippen molar-refractivity contribution in [2.24, 2.45) is 0 Å². The average molecular weight is 404 g/mol. The highest BCUT2D eigenvalue weighted by Crippen LogP contribution is 2.23. The van der Waals surface area contributed by atoms with Crippen LogP contribution in [0.15, 0.2) is 97.6 Å². The van der Waals surface area contributed by atoms with Gasteiger partial charge < -0.3 is 17.7 Å². The van der Waals surface area contributed by atoms with Gasteiger partial charge in [-0.05, 0) is 48.5 Å². The lowest BCUT2D eigenvalue weighted by Gasteiger charge is -2.26. The molecule has 8 nitrogen and oxygen atoms in total. The molecule has 0 bridgehead atoms. The first kappa shape index (κ1) is 18.4. The van der Waals surface area contributed by atoms with Gasteiger partial charge in [0.25, 0.3) is 0 Å². The maximum absolute atomic E-state index is 6.06. The van der Waals surface area contributed by atoms with E-state index in [1.54, 1.807) is 97.6 Å². The molecule has 0 aliphatic carbocycles. The molecule has 9 heteroatoms. The molecular formula is C20H16N4O4Si. The van der Waals surface area contributed by atoms with E-state index in [0.717, 1.165) is 0 Å². The molecule has 0 aliphatic rings. The Labute approximate surface area is 168 Å². The first-order chi connectivity index (χ1) is 14.3. The summed E-state index contributed by atoms with van der Waals surface area (Å²) in [6.45, 7) is 0. The van der Waals surface area contributed by atoms with Crippen LogP contribution in [0.2, 0.25) is 0 Å². The smallest absolute Gasteiger partial charge is 0.436 e. The summed E-state index contributed by atoms with van der Waals surface area (Å²) in [7, 11) is -4.01. The van der Waals surface area contributed by atoms with E-state index in [1.165, 1.54) is 0 Å². The third-order valence-electron chi connectivity index (χ3n) is 3.47. The molecule has 4 aromatic heterocycles. The van der Waals surface area contributed by atoms with Gasteiger partial charge in [0.2, 0.25) is 23.5 Å². The second kappa shape index (κ2) is 8.80. The molecule has 0 fully saturated rings. The zero-order chi connectivity index (χ0) is 19.8. The average Bonchev–Trinajstić information content (AvgIpc) is 2.76. The molecule has 0 unspecified atom stereocenters. The minimum atomic E-state index is -4.01. The van der Waals surface area contributed by atoms with E-state index < -0.39 is 9.05 Å². The Hall–Kier alpha value is -3.98. The minimum Gasteiger partial charge on any atom is -0.436 e. The number of hydrogen-bond acceptors (Lipinski definition) is 8. The van der Waals surface area contributed by atoms with Gasteiger partial charge in [0.05, 0.1) is 0 Å². The molecule has 0 aliphatic heterocycles. The van der Waals surface area contributed by atoms with Crippen molar-refractivity contribution in [1.82, 2.24) is 19.9 Å². The Bertz CT molecular complexity index is 840. The van der Waals surface area contributed by atoms with E-state index in [0.29, 0.717) is 0 Å². The topological polar surface area (TPSA) is 88.5 Å². The molecule has 0 N–H and O–H groups in total. The van der Waals surface area contributed by atoms with Gasteiger partial charge in [-0.15, -0.1) is 0 Å². The maximum Gasteiger partial charge on any atom is 0.971 e. The molecular weight excluding hydrogens is 388 g/mol. The second-order valence-corrected chi connectivity index (χ2v) is 7.40. The lowest BCUT2D eigenvalue weighted by Crippen LogP contribution is -2.61. The van der Waals surface area contributed by atoms with Gasteiger partial charge in [0, 0.05) is 24.8 Å². The van der Waals surface area contributed by atoms with E-state index in [4.69, 9.17) is 17.7 Å². The lowest BCUT2D eigenvalue weighted by molar-refractivity contribution is 0.150. The number of aromatic nitrogens is 4. The number of nitrogens with zero attached hydrogens (tertiary/aromatic N) is 4. The quantitative estimate of drug-likeness (QED) is 0.413. The van der Waals surface area contributed by atoms with E-state index in [2.05, 4.69) is 19.9 Å². The summed E-state index contributed by atoms with van der Waals surface area (Å²) in [6.07, 6.45) is 6.38. The van der Waals surface area contributed by atoms with Crippen LogP contribution in [0.1, 0.15) is 0 Å². The monoisotopic (exact) mass is 404 g/mol. The normalized spacial score (nSPS) is 10.8. The minimum absolute atomic E-state index is 0.266. The maximum atomic E-state index is 6.06. The van der Waals surface area contributed by atoms with Gasteiger partial charge in [-0.2, -0.15) is 0 Å². The van der Waals surface area contributed by atoms with E-state index in [1.807, 2.05) is 0 Å². The fourth-order valence-electron chi connectivity index (χ4n) is 2.27. The van der Waals surface area contributed by atoms with Gasteiger partial charge in [-0.1, -0.05) is 24.3 Å². The summed E-state index contributed by atoms with van der Waals surface area (Å²) in [5.41, 5.74) is 0. The van der Waals surface area contributed by atoms with Crippen molar-refractivity contribution in [3.05, 3.63) is 97.6 Å². The molecule has 4 aromatic rings. The Balaban J connectivity index is 1.75. The van der Waals surface area contributed by atoms with Gasteiger partial charge in [0.15, 0.2) is 0 Å². The van der Waals surface area contributed by atoms with Crippen molar-refractivity contribution in [3.63, 3.8) is 0 Å². The lowest BCUT2D eigenvalue weighted by atomic mass is 10.5. The van der Waals surface area contributed by atoms with Crippen LogP contribution < -0.4 is 17.7 Å². The third kappa shape index (κ3) is 5.05. The molecule has 0 aromatic carbocycles. The van der Waals surface area contributed by atoms with E-state index in [9.17, 15) is 0 Å². The van der Waals surface area contributed by atoms with Gasteiger partial charge >= 0.3 is 9.05 Å². The summed E-state index contributed by atoms with van der Waals surface area (Å²) in [4.78, 5) is 16.8. The predicted molar refractivity (Wildman–Crippen MR) is 105 cm³/mol. The Morgan fingerprint density at radius 3 is 0.897 bits per heavy atom. The summed E-state index contributed by atoms with van der Waals surface area (Å²) < 4.78 is 24.2. The fourth-order valence-corrected chi connectivity index (χ4v) is 4.02. The van der Waals surface area contributed by atoms with Crippen LogP contribution in [-0.4, -0.2) is 29.0 Å². The van der Waals surface area contributed by atoms with Crippen molar-refractivity contribution in [3.8, 4) is 23.5 Å². The van der Waals surface area contributed by atoms with Crippen LogP contribution >= 0.6 is 0 Å². The van der Waals surface area contributed by atoms with Gasteiger partial charge in [0.1, 0.15) is 0 Å². The summed E-state index contributed by atoms with van der Waals surface area (Å²) in [5.74, 6) is 1.06. The highest BCUT2D eigenvalue weighted by atomic mass is 28.4. The zero-order valence-corrected chi connectivity index (χ0v) is 16.2. The van der Waals surface area contributed by atoms with Gasteiger partial charge in [-0.25, -0.2) is 19.9 Å².